The Kier molecular flexibility index (Phi) is 5.18. The molecule has 0 bridgehead atoms. The van der Waals surface area contributed by atoms with E-state index in [4.69, 9.17) is 5.73 Å². The third kappa shape index (κ3) is 3.65. The number of carbonyl (C=O) groups is 2. The van der Waals surface area contributed by atoms with Crippen molar-refractivity contribution in [1.29, 1.82) is 0 Å². The first-order chi connectivity index (χ1) is 10.4. The average molecular weight is 307 g/mol. The molecule has 22 heavy (non-hydrogen) atoms. The van der Waals surface area contributed by atoms with E-state index < -0.39 is 6.04 Å². The lowest BCUT2D eigenvalue weighted by Crippen LogP contribution is -2.61. The lowest BCUT2D eigenvalue weighted by Gasteiger charge is -2.42. The number of piperazine rings is 1. The van der Waals surface area contributed by atoms with Crippen LogP contribution in [0, 0.1) is 6.92 Å². The van der Waals surface area contributed by atoms with Gasteiger partial charge in [0.1, 0.15) is 6.04 Å². The molecule has 0 aliphatic carbocycles. The van der Waals surface area contributed by atoms with Crippen LogP contribution >= 0.6 is 0 Å². The minimum atomic E-state index is -0.399. The summed E-state index contributed by atoms with van der Waals surface area (Å²) in [6.07, 6.45) is 2.11. The summed E-state index contributed by atoms with van der Waals surface area (Å²) >= 11 is 0. The van der Waals surface area contributed by atoms with Gasteiger partial charge in [-0.2, -0.15) is 5.10 Å². The monoisotopic (exact) mass is 307 g/mol. The zero-order chi connectivity index (χ0) is 16.3. The van der Waals surface area contributed by atoms with Crippen molar-refractivity contribution in [3.8, 4) is 0 Å². The molecule has 0 spiro atoms. The van der Waals surface area contributed by atoms with Gasteiger partial charge in [-0.15, -0.1) is 0 Å². The van der Waals surface area contributed by atoms with Crippen molar-refractivity contribution >= 4 is 11.8 Å². The summed E-state index contributed by atoms with van der Waals surface area (Å²) < 4.78 is 1.81. The van der Waals surface area contributed by atoms with E-state index >= 15 is 0 Å². The number of hydrogen-bond acceptors (Lipinski definition) is 4. The lowest BCUT2D eigenvalue weighted by molar-refractivity contribution is -0.138. The van der Waals surface area contributed by atoms with E-state index in [9.17, 15) is 9.59 Å². The normalized spacial score (nSPS) is 19.6. The Morgan fingerprint density at radius 2 is 2.14 bits per heavy atom. The molecule has 1 aromatic heterocycles. The Hall–Kier alpha value is -1.89. The van der Waals surface area contributed by atoms with Gasteiger partial charge in [0.15, 0.2) is 0 Å². The van der Waals surface area contributed by atoms with Crippen LogP contribution in [-0.2, 0) is 16.1 Å². The molecule has 2 heterocycles. The molecule has 1 aromatic rings. The second-order valence-corrected chi connectivity index (χ2v) is 6.04. The van der Waals surface area contributed by atoms with Gasteiger partial charge in [0.05, 0.1) is 0 Å². The van der Waals surface area contributed by atoms with Crippen molar-refractivity contribution in [3.05, 3.63) is 18.0 Å². The molecule has 2 N–H and O–H groups in total. The van der Waals surface area contributed by atoms with Crippen LogP contribution in [0.5, 0.6) is 0 Å². The maximum absolute atomic E-state index is 12.4. The molecule has 1 aliphatic heterocycles. The number of carbonyl (C=O) groups excluding carboxylic acids is 2. The number of aromatic nitrogens is 2. The number of nitrogens with zero attached hydrogens (tertiary/aromatic N) is 4. The zero-order valence-electron chi connectivity index (χ0n) is 13.5. The van der Waals surface area contributed by atoms with Crippen molar-refractivity contribution in [3.63, 3.8) is 0 Å². The molecule has 7 heteroatoms. The van der Waals surface area contributed by atoms with Gasteiger partial charge in [-0.3, -0.25) is 19.2 Å². The minimum Gasteiger partial charge on any atom is -0.368 e. The predicted molar refractivity (Wildman–Crippen MR) is 83.0 cm³/mol. The van der Waals surface area contributed by atoms with Crippen molar-refractivity contribution in [1.82, 2.24) is 19.6 Å². The fourth-order valence-corrected chi connectivity index (χ4v) is 2.89. The number of hydrogen-bond donors (Lipinski definition) is 1. The highest BCUT2D eigenvalue weighted by molar-refractivity contribution is 5.82. The van der Waals surface area contributed by atoms with Gasteiger partial charge in [0.2, 0.25) is 11.8 Å². The van der Waals surface area contributed by atoms with Crippen LogP contribution in [0.25, 0.3) is 0 Å². The molecule has 1 saturated heterocycles. The number of primary amides is 1. The topological polar surface area (TPSA) is 84.5 Å². The SMILES string of the molecule is Cc1ccnn1CCC(=O)N1CCN(C(C)C)C(C(N)=O)C1. The van der Waals surface area contributed by atoms with Gasteiger partial charge in [0.25, 0.3) is 0 Å². The second-order valence-electron chi connectivity index (χ2n) is 6.04. The lowest BCUT2D eigenvalue weighted by atomic mass is 10.1. The molecular weight excluding hydrogens is 282 g/mol. The van der Waals surface area contributed by atoms with Crippen LogP contribution in [0.2, 0.25) is 0 Å². The maximum atomic E-state index is 12.4. The molecule has 1 aliphatic rings. The smallest absolute Gasteiger partial charge is 0.236 e. The van der Waals surface area contributed by atoms with Gasteiger partial charge in [-0.05, 0) is 26.8 Å². The molecule has 2 amide bonds. The summed E-state index contributed by atoms with van der Waals surface area (Å²) in [5, 5.41) is 4.17. The van der Waals surface area contributed by atoms with E-state index in [0.29, 0.717) is 32.6 Å². The first-order valence-electron chi connectivity index (χ1n) is 7.71. The molecular formula is C15H25N5O2. The summed E-state index contributed by atoms with van der Waals surface area (Å²) in [5.74, 6) is -0.321. The Morgan fingerprint density at radius 3 is 2.68 bits per heavy atom. The minimum absolute atomic E-state index is 0.0459. The Balaban J connectivity index is 1.93. The molecule has 2 rings (SSSR count). The van der Waals surface area contributed by atoms with Crippen molar-refractivity contribution in [2.75, 3.05) is 19.6 Å². The Morgan fingerprint density at radius 1 is 1.41 bits per heavy atom. The van der Waals surface area contributed by atoms with Gasteiger partial charge in [0, 0.05) is 50.5 Å². The molecule has 0 radical (unpaired) electrons. The highest BCUT2D eigenvalue weighted by atomic mass is 16.2. The van der Waals surface area contributed by atoms with E-state index in [-0.39, 0.29) is 17.9 Å². The molecule has 122 valence electrons. The van der Waals surface area contributed by atoms with Crippen LogP contribution < -0.4 is 5.73 Å². The number of nitrogens with two attached hydrogens (primary N) is 1. The average Bonchev–Trinajstić information content (AvgIpc) is 2.89. The van der Waals surface area contributed by atoms with Crippen LogP contribution in [0.15, 0.2) is 12.3 Å². The summed E-state index contributed by atoms with van der Waals surface area (Å²) in [6, 6.07) is 1.75. The zero-order valence-corrected chi connectivity index (χ0v) is 13.5. The van der Waals surface area contributed by atoms with Crippen LogP contribution in [0.1, 0.15) is 26.0 Å². The van der Waals surface area contributed by atoms with Crippen molar-refractivity contribution < 1.29 is 9.59 Å². The maximum Gasteiger partial charge on any atom is 0.236 e. The van der Waals surface area contributed by atoms with Crippen molar-refractivity contribution in [2.24, 2.45) is 5.73 Å². The quantitative estimate of drug-likeness (QED) is 0.829. The number of rotatable bonds is 5. The first-order valence-corrected chi connectivity index (χ1v) is 7.71. The molecule has 0 aromatic carbocycles. The summed E-state index contributed by atoms with van der Waals surface area (Å²) in [7, 11) is 0. The van der Waals surface area contributed by atoms with E-state index in [1.54, 1.807) is 11.1 Å². The van der Waals surface area contributed by atoms with Crippen LogP contribution in [0.3, 0.4) is 0 Å². The highest BCUT2D eigenvalue weighted by Crippen LogP contribution is 2.14. The molecule has 1 atom stereocenters. The van der Waals surface area contributed by atoms with Gasteiger partial charge in [-0.25, -0.2) is 0 Å². The molecule has 0 saturated carbocycles. The number of aryl methyl sites for hydroxylation is 2. The Bertz CT molecular complexity index is 540. The van der Waals surface area contributed by atoms with Gasteiger partial charge >= 0.3 is 0 Å². The molecule has 7 nitrogen and oxygen atoms in total. The Labute approximate surface area is 131 Å². The van der Waals surface area contributed by atoms with Gasteiger partial charge in [-0.1, -0.05) is 0 Å². The summed E-state index contributed by atoms with van der Waals surface area (Å²) in [5.41, 5.74) is 6.53. The molecule has 1 unspecified atom stereocenters. The van der Waals surface area contributed by atoms with Crippen LogP contribution in [-0.4, -0.2) is 63.1 Å². The summed E-state index contributed by atoms with van der Waals surface area (Å²) in [4.78, 5) is 27.8. The third-order valence-corrected chi connectivity index (χ3v) is 4.23. The molecule has 1 fully saturated rings. The number of amides is 2. The standard InChI is InChI=1S/C15H25N5O2/c1-11(2)19-9-8-18(10-13(19)15(16)22)14(21)5-7-20-12(3)4-6-17-20/h4,6,11,13H,5,7-10H2,1-3H3,(H2,16,22). The van der Waals surface area contributed by atoms with E-state index in [0.717, 1.165) is 5.69 Å². The van der Waals surface area contributed by atoms with Gasteiger partial charge < -0.3 is 10.6 Å². The highest BCUT2D eigenvalue weighted by Gasteiger charge is 2.34. The largest absolute Gasteiger partial charge is 0.368 e. The fraction of sp³-hybridized carbons (Fsp3) is 0.667. The second kappa shape index (κ2) is 6.91. The predicted octanol–water partition coefficient (Wildman–Crippen LogP) is -0.0119. The first kappa shape index (κ1) is 16.5. The third-order valence-electron chi connectivity index (χ3n) is 4.23. The van der Waals surface area contributed by atoms with Crippen molar-refractivity contribution in [2.45, 2.75) is 45.8 Å². The summed E-state index contributed by atoms with van der Waals surface area (Å²) in [6.45, 7) is 8.29. The van der Waals surface area contributed by atoms with E-state index in [2.05, 4.69) is 10.00 Å². The van der Waals surface area contributed by atoms with E-state index in [1.807, 2.05) is 31.5 Å². The van der Waals surface area contributed by atoms with Crippen LogP contribution in [0.4, 0.5) is 0 Å². The fourth-order valence-electron chi connectivity index (χ4n) is 2.89. The van der Waals surface area contributed by atoms with E-state index in [1.165, 1.54) is 0 Å².